The van der Waals surface area contributed by atoms with Gasteiger partial charge in [0.1, 0.15) is 0 Å². The van der Waals surface area contributed by atoms with Gasteiger partial charge in [-0.05, 0) is 31.0 Å². The van der Waals surface area contributed by atoms with Crippen molar-refractivity contribution in [3.05, 3.63) is 22.7 Å². The highest BCUT2D eigenvalue weighted by Crippen LogP contribution is 2.26. The number of nitrogens with one attached hydrogen (secondary N) is 1. The number of hydrogen-bond donors (Lipinski definition) is 2. The van der Waals surface area contributed by atoms with Crippen molar-refractivity contribution in [2.75, 3.05) is 24.2 Å². The third kappa shape index (κ3) is 3.13. The smallest absolute Gasteiger partial charge is 0.0618 e. The Morgan fingerprint density at radius 1 is 1.53 bits per heavy atom. The Morgan fingerprint density at radius 3 is 3.06 bits per heavy atom. The molecule has 0 saturated carbocycles. The van der Waals surface area contributed by atoms with Gasteiger partial charge in [-0.1, -0.05) is 22.9 Å². The second-order valence-corrected chi connectivity index (χ2v) is 5.39. The predicted molar refractivity (Wildman–Crippen MR) is 75.2 cm³/mol. The lowest BCUT2D eigenvalue weighted by atomic mass is 9.99. The van der Waals surface area contributed by atoms with Crippen molar-refractivity contribution < 1.29 is 4.74 Å². The summed E-state index contributed by atoms with van der Waals surface area (Å²) in [6.07, 6.45) is 2.63. The van der Waals surface area contributed by atoms with Crippen LogP contribution in [0.4, 0.5) is 11.4 Å². The summed E-state index contributed by atoms with van der Waals surface area (Å²) < 4.78 is 6.68. The maximum atomic E-state index is 5.95. The quantitative estimate of drug-likeness (QED) is 0.839. The Kier molecular flexibility index (Phi) is 4.29. The van der Waals surface area contributed by atoms with Crippen molar-refractivity contribution in [2.24, 2.45) is 5.92 Å². The van der Waals surface area contributed by atoms with E-state index in [2.05, 4.69) is 28.2 Å². The van der Waals surface area contributed by atoms with Gasteiger partial charge in [0.05, 0.1) is 17.5 Å². The number of nitrogens with two attached hydrogens (primary N) is 1. The summed E-state index contributed by atoms with van der Waals surface area (Å²) in [6, 6.07) is 5.93. The van der Waals surface area contributed by atoms with E-state index in [4.69, 9.17) is 10.5 Å². The minimum atomic E-state index is 0.402. The van der Waals surface area contributed by atoms with Crippen LogP contribution in [0.2, 0.25) is 0 Å². The topological polar surface area (TPSA) is 47.3 Å². The Morgan fingerprint density at radius 2 is 2.35 bits per heavy atom. The molecule has 0 amide bonds. The van der Waals surface area contributed by atoms with Crippen LogP contribution in [0.1, 0.15) is 19.8 Å². The minimum Gasteiger partial charge on any atom is -0.397 e. The number of hydrogen-bond acceptors (Lipinski definition) is 3. The molecular weight excluding hydrogens is 280 g/mol. The van der Waals surface area contributed by atoms with Crippen LogP contribution in [0.5, 0.6) is 0 Å². The summed E-state index contributed by atoms with van der Waals surface area (Å²) in [5, 5.41) is 3.42. The maximum Gasteiger partial charge on any atom is 0.0618 e. The molecule has 0 bridgehead atoms. The van der Waals surface area contributed by atoms with Crippen LogP contribution in [0.25, 0.3) is 0 Å². The zero-order valence-electron chi connectivity index (χ0n) is 10.1. The SMILES string of the molecule is CCC1OCCC1CNc1ccc(Br)cc1N. The van der Waals surface area contributed by atoms with Gasteiger partial charge in [-0.2, -0.15) is 0 Å². The monoisotopic (exact) mass is 298 g/mol. The van der Waals surface area contributed by atoms with Crippen LogP contribution in [-0.2, 0) is 4.74 Å². The van der Waals surface area contributed by atoms with Gasteiger partial charge in [0, 0.05) is 23.5 Å². The molecule has 94 valence electrons. The molecular formula is C13H19BrN2O. The Bertz CT molecular complexity index is 384. The Hall–Kier alpha value is -0.740. The molecule has 1 fully saturated rings. The first-order valence-electron chi connectivity index (χ1n) is 6.11. The lowest BCUT2D eigenvalue weighted by Gasteiger charge is -2.18. The fourth-order valence-electron chi connectivity index (χ4n) is 2.31. The molecule has 0 radical (unpaired) electrons. The molecule has 4 heteroatoms. The molecule has 17 heavy (non-hydrogen) atoms. The molecule has 1 saturated heterocycles. The first-order chi connectivity index (χ1) is 8.20. The van der Waals surface area contributed by atoms with Crippen LogP contribution >= 0.6 is 15.9 Å². The van der Waals surface area contributed by atoms with Crippen LogP contribution < -0.4 is 11.1 Å². The third-order valence-corrected chi connectivity index (χ3v) is 3.81. The van der Waals surface area contributed by atoms with E-state index in [1.54, 1.807) is 0 Å². The van der Waals surface area contributed by atoms with E-state index in [1.165, 1.54) is 0 Å². The first-order valence-corrected chi connectivity index (χ1v) is 6.90. The van der Waals surface area contributed by atoms with Crippen LogP contribution in [-0.4, -0.2) is 19.3 Å². The Balaban J connectivity index is 1.93. The van der Waals surface area contributed by atoms with Gasteiger partial charge in [0.2, 0.25) is 0 Å². The molecule has 1 heterocycles. The summed E-state index contributed by atoms with van der Waals surface area (Å²) in [5.74, 6) is 0.600. The second kappa shape index (κ2) is 5.74. The van der Waals surface area contributed by atoms with Gasteiger partial charge in [0.15, 0.2) is 0 Å². The average molecular weight is 299 g/mol. The molecule has 3 nitrogen and oxygen atoms in total. The summed E-state index contributed by atoms with van der Waals surface area (Å²) in [6.45, 7) is 4.00. The molecule has 1 aromatic carbocycles. The molecule has 1 aliphatic heterocycles. The largest absolute Gasteiger partial charge is 0.397 e. The molecule has 2 unspecified atom stereocenters. The number of halogens is 1. The molecule has 1 aliphatic rings. The summed E-state index contributed by atoms with van der Waals surface area (Å²) in [5.41, 5.74) is 7.74. The highest BCUT2D eigenvalue weighted by molar-refractivity contribution is 9.10. The standard InChI is InChI=1S/C13H19BrN2O/c1-2-13-9(5-6-17-13)8-16-12-4-3-10(14)7-11(12)15/h3-4,7,9,13,16H,2,5-6,8,15H2,1H3. The second-order valence-electron chi connectivity index (χ2n) is 4.48. The third-order valence-electron chi connectivity index (χ3n) is 3.32. The molecule has 2 atom stereocenters. The van der Waals surface area contributed by atoms with Crippen molar-refractivity contribution in [2.45, 2.75) is 25.9 Å². The van der Waals surface area contributed by atoms with E-state index in [1.807, 2.05) is 18.2 Å². The molecule has 1 aromatic rings. The lowest BCUT2D eigenvalue weighted by Crippen LogP contribution is -2.23. The molecule has 2 rings (SSSR count). The number of anilines is 2. The summed E-state index contributed by atoms with van der Waals surface area (Å²) in [4.78, 5) is 0. The zero-order chi connectivity index (χ0) is 12.3. The highest BCUT2D eigenvalue weighted by atomic mass is 79.9. The van der Waals surface area contributed by atoms with Gasteiger partial charge in [-0.15, -0.1) is 0 Å². The Labute approximate surface area is 111 Å². The van der Waals surface area contributed by atoms with E-state index < -0.39 is 0 Å². The van der Waals surface area contributed by atoms with Crippen molar-refractivity contribution in [1.29, 1.82) is 0 Å². The number of nitrogen functional groups attached to an aromatic ring is 1. The van der Waals surface area contributed by atoms with Gasteiger partial charge < -0.3 is 15.8 Å². The molecule has 0 aliphatic carbocycles. The lowest BCUT2D eigenvalue weighted by molar-refractivity contribution is 0.0900. The predicted octanol–water partition coefficient (Wildman–Crippen LogP) is 3.26. The maximum absolute atomic E-state index is 5.95. The normalized spacial score (nSPS) is 23.9. The first kappa shape index (κ1) is 12.7. The fourth-order valence-corrected chi connectivity index (χ4v) is 2.69. The van der Waals surface area contributed by atoms with E-state index in [-0.39, 0.29) is 0 Å². The van der Waals surface area contributed by atoms with Crippen LogP contribution in [0, 0.1) is 5.92 Å². The summed E-state index contributed by atoms with van der Waals surface area (Å²) >= 11 is 3.41. The fraction of sp³-hybridized carbons (Fsp3) is 0.538. The minimum absolute atomic E-state index is 0.402. The van der Waals surface area contributed by atoms with Crippen molar-refractivity contribution in [3.8, 4) is 0 Å². The van der Waals surface area contributed by atoms with E-state index in [9.17, 15) is 0 Å². The zero-order valence-corrected chi connectivity index (χ0v) is 11.7. The van der Waals surface area contributed by atoms with Crippen molar-refractivity contribution in [1.82, 2.24) is 0 Å². The van der Waals surface area contributed by atoms with Crippen LogP contribution in [0.15, 0.2) is 22.7 Å². The van der Waals surface area contributed by atoms with Gasteiger partial charge in [-0.3, -0.25) is 0 Å². The van der Waals surface area contributed by atoms with Gasteiger partial charge in [0.25, 0.3) is 0 Å². The van der Waals surface area contributed by atoms with Crippen LogP contribution in [0.3, 0.4) is 0 Å². The molecule has 0 spiro atoms. The average Bonchev–Trinajstić information content (AvgIpc) is 2.75. The van der Waals surface area contributed by atoms with Crippen molar-refractivity contribution >= 4 is 27.3 Å². The highest BCUT2D eigenvalue weighted by Gasteiger charge is 2.26. The van der Waals surface area contributed by atoms with E-state index in [0.29, 0.717) is 12.0 Å². The molecule has 0 aromatic heterocycles. The van der Waals surface area contributed by atoms with E-state index in [0.717, 1.165) is 41.8 Å². The number of rotatable bonds is 4. The molecule has 3 N–H and O–H groups in total. The van der Waals surface area contributed by atoms with Crippen molar-refractivity contribution in [3.63, 3.8) is 0 Å². The van der Waals surface area contributed by atoms with Gasteiger partial charge in [-0.25, -0.2) is 0 Å². The van der Waals surface area contributed by atoms with E-state index >= 15 is 0 Å². The number of ether oxygens (including phenoxy) is 1. The summed E-state index contributed by atoms with van der Waals surface area (Å²) in [7, 11) is 0. The number of benzene rings is 1. The van der Waals surface area contributed by atoms with Gasteiger partial charge >= 0.3 is 0 Å².